The maximum Gasteiger partial charge on any atom is 0.161 e. The van der Waals surface area contributed by atoms with E-state index in [1.54, 1.807) is 0 Å². The standard InChI is InChI=1S/C14H22O/c15-14(13-10-6-7-11-13)12-8-4-2-1-3-5-9-12/h8,13H,1-7,9-11H2/b12-8+. The molecule has 1 nitrogen and oxygen atoms in total. The number of rotatable bonds is 2. The SMILES string of the molecule is O=C(/C1=C/CCCCCC1)C1CCCC1. The van der Waals surface area contributed by atoms with Gasteiger partial charge in [-0.05, 0) is 44.1 Å². The van der Waals surface area contributed by atoms with Crippen LogP contribution in [-0.4, -0.2) is 5.78 Å². The molecule has 0 unspecified atom stereocenters. The van der Waals surface area contributed by atoms with Crippen LogP contribution in [0.25, 0.3) is 0 Å². The molecule has 84 valence electrons. The Hall–Kier alpha value is -0.590. The van der Waals surface area contributed by atoms with Gasteiger partial charge in [-0.1, -0.05) is 31.8 Å². The van der Waals surface area contributed by atoms with Crippen LogP contribution in [-0.2, 0) is 4.79 Å². The lowest BCUT2D eigenvalue weighted by atomic mass is 9.90. The van der Waals surface area contributed by atoms with Crippen LogP contribution in [0.15, 0.2) is 11.6 Å². The summed E-state index contributed by atoms with van der Waals surface area (Å²) in [7, 11) is 0. The summed E-state index contributed by atoms with van der Waals surface area (Å²) in [4.78, 5) is 12.2. The second kappa shape index (κ2) is 5.48. The molecule has 0 bridgehead atoms. The molecule has 15 heavy (non-hydrogen) atoms. The zero-order chi connectivity index (χ0) is 10.5. The molecule has 2 rings (SSSR count). The van der Waals surface area contributed by atoms with Gasteiger partial charge < -0.3 is 0 Å². The maximum atomic E-state index is 12.2. The zero-order valence-corrected chi connectivity index (χ0v) is 9.63. The first-order chi connectivity index (χ1) is 7.38. The minimum Gasteiger partial charge on any atom is -0.294 e. The van der Waals surface area contributed by atoms with Crippen LogP contribution >= 0.6 is 0 Å². The van der Waals surface area contributed by atoms with Crippen molar-refractivity contribution in [1.29, 1.82) is 0 Å². The van der Waals surface area contributed by atoms with Gasteiger partial charge in [0, 0.05) is 5.92 Å². The average molecular weight is 206 g/mol. The fraction of sp³-hybridized carbons (Fsp3) is 0.786. The number of hydrogen-bond acceptors (Lipinski definition) is 1. The van der Waals surface area contributed by atoms with E-state index in [9.17, 15) is 4.79 Å². The largest absolute Gasteiger partial charge is 0.294 e. The molecular weight excluding hydrogens is 184 g/mol. The van der Waals surface area contributed by atoms with Gasteiger partial charge >= 0.3 is 0 Å². The third-order valence-electron chi connectivity index (χ3n) is 3.83. The van der Waals surface area contributed by atoms with E-state index in [4.69, 9.17) is 0 Å². The molecule has 0 atom stereocenters. The molecule has 1 fully saturated rings. The lowest BCUT2D eigenvalue weighted by molar-refractivity contribution is -0.119. The van der Waals surface area contributed by atoms with Gasteiger partial charge in [0.05, 0.1) is 0 Å². The predicted molar refractivity (Wildman–Crippen MR) is 62.8 cm³/mol. The number of carbonyl (C=O) groups excluding carboxylic acids is 1. The van der Waals surface area contributed by atoms with Crippen LogP contribution in [0.5, 0.6) is 0 Å². The minimum atomic E-state index is 0.385. The van der Waals surface area contributed by atoms with E-state index in [1.807, 2.05) is 0 Å². The zero-order valence-electron chi connectivity index (χ0n) is 9.63. The normalized spacial score (nSPS) is 27.9. The van der Waals surface area contributed by atoms with Crippen molar-refractivity contribution in [2.24, 2.45) is 5.92 Å². The number of Topliss-reactive ketones (excluding diaryl/α,β-unsaturated/α-hetero) is 1. The van der Waals surface area contributed by atoms with Gasteiger partial charge in [-0.3, -0.25) is 4.79 Å². The van der Waals surface area contributed by atoms with E-state index in [0.717, 1.165) is 25.7 Å². The van der Waals surface area contributed by atoms with Crippen LogP contribution in [0.1, 0.15) is 64.2 Å². The van der Waals surface area contributed by atoms with Gasteiger partial charge in [0.2, 0.25) is 0 Å². The average Bonchev–Trinajstić information content (AvgIpc) is 2.68. The number of carbonyl (C=O) groups is 1. The Bertz CT molecular complexity index is 246. The summed E-state index contributed by atoms with van der Waals surface area (Å²) in [6.07, 6.45) is 14.4. The summed E-state index contributed by atoms with van der Waals surface area (Å²) in [6.45, 7) is 0. The molecule has 0 amide bonds. The van der Waals surface area contributed by atoms with Gasteiger partial charge in [0.15, 0.2) is 5.78 Å². The smallest absolute Gasteiger partial charge is 0.161 e. The van der Waals surface area contributed by atoms with Crippen LogP contribution in [0.2, 0.25) is 0 Å². The van der Waals surface area contributed by atoms with Gasteiger partial charge in [0.1, 0.15) is 0 Å². The van der Waals surface area contributed by atoms with Crippen molar-refractivity contribution in [2.75, 3.05) is 0 Å². The second-order valence-electron chi connectivity index (χ2n) is 5.03. The second-order valence-corrected chi connectivity index (χ2v) is 5.03. The Labute approximate surface area is 92.9 Å². The summed E-state index contributed by atoms with van der Waals surface area (Å²) in [5, 5.41) is 0. The van der Waals surface area contributed by atoms with Gasteiger partial charge in [-0.15, -0.1) is 0 Å². The highest BCUT2D eigenvalue weighted by Crippen LogP contribution is 2.30. The Balaban J connectivity index is 1.96. The lowest BCUT2D eigenvalue weighted by Crippen LogP contribution is -2.14. The van der Waals surface area contributed by atoms with Gasteiger partial charge in [0.25, 0.3) is 0 Å². The van der Waals surface area contributed by atoms with Crippen molar-refractivity contribution in [1.82, 2.24) is 0 Å². The topological polar surface area (TPSA) is 17.1 Å². The first kappa shape index (κ1) is 10.9. The van der Waals surface area contributed by atoms with E-state index >= 15 is 0 Å². The highest BCUT2D eigenvalue weighted by atomic mass is 16.1. The van der Waals surface area contributed by atoms with Crippen molar-refractivity contribution in [3.8, 4) is 0 Å². The highest BCUT2D eigenvalue weighted by molar-refractivity contribution is 5.97. The summed E-state index contributed by atoms with van der Waals surface area (Å²) in [5.41, 5.74) is 1.17. The van der Waals surface area contributed by atoms with Crippen molar-refractivity contribution >= 4 is 5.78 Å². The Kier molecular flexibility index (Phi) is 3.99. The molecule has 1 saturated carbocycles. The van der Waals surface area contributed by atoms with Crippen LogP contribution < -0.4 is 0 Å². The van der Waals surface area contributed by atoms with Gasteiger partial charge in [-0.25, -0.2) is 0 Å². The Morgan fingerprint density at radius 1 is 1.00 bits per heavy atom. The fourth-order valence-electron chi connectivity index (χ4n) is 2.87. The first-order valence-corrected chi connectivity index (χ1v) is 6.61. The molecule has 2 aliphatic carbocycles. The fourth-order valence-corrected chi connectivity index (χ4v) is 2.87. The molecule has 0 spiro atoms. The minimum absolute atomic E-state index is 0.385. The third kappa shape index (κ3) is 2.93. The molecule has 0 N–H and O–H groups in total. The summed E-state index contributed by atoms with van der Waals surface area (Å²) >= 11 is 0. The molecular formula is C14H22O. The van der Waals surface area contributed by atoms with E-state index in [1.165, 1.54) is 44.1 Å². The van der Waals surface area contributed by atoms with Crippen molar-refractivity contribution < 1.29 is 4.79 Å². The van der Waals surface area contributed by atoms with Crippen LogP contribution in [0.3, 0.4) is 0 Å². The third-order valence-corrected chi connectivity index (χ3v) is 3.83. The van der Waals surface area contributed by atoms with E-state index < -0.39 is 0 Å². The summed E-state index contributed by atoms with van der Waals surface area (Å²) < 4.78 is 0. The van der Waals surface area contributed by atoms with Crippen LogP contribution in [0.4, 0.5) is 0 Å². The van der Waals surface area contributed by atoms with Gasteiger partial charge in [-0.2, -0.15) is 0 Å². The van der Waals surface area contributed by atoms with E-state index in [-0.39, 0.29) is 0 Å². The molecule has 0 aromatic rings. The monoisotopic (exact) mass is 206 g/mol. The van der Waals surface area contributed by atoms with Crippen molar-refractivity contribution in [2.45, 2.75) is 64.2 Å². The molecule has 0 heterocycles. The molecule has 2 aliphatic rings. The molecule has 0 saturated heterocycles. The predicted octanol–water partition coefficient (Wildman–Crippen LogP) is 4.03. The molecule has 0 aliphatic heterocycles. The number of hydrogen-bond donors (Lipinski definition) is 0. The molecule has 1 heteroatoms. The molecule has 0 radical (unpaired) electrons. The summed E-state index contributed by atoms with van der Waals surface area (Å²) in [6, 6.07) is 0. The lowest BCUT2D eigenvalue weighted by Gasteiger charge is -2.14. The van der Waals surface area contributed by atoms with Crippen molar-refractivity contribution in [3.63, 3.8) is 0 Å². The molecule has 0 aromatic carbocycles. The van der Waals surface area contributed by atoms with E-state index in [2.05, 4.69) is 6.08 Å². The Morgan fingerprint density at radius 3 is 2.53 bits per heavy atom. The quantitative estimate of drug-likeness (QED) is 0.666. The molecule has 0 aromatic heterocycles. The number of ketones is 1. The van der Waals surface area contributed by atoms with Crippen LogP contribution in [0, 0.1) is 5.92 Å². The first-order valence-electron chi connectivity index (χ1n) is 6.61. The Morgan fingerprint density at radius 2 is 1.73 bits per heavy atom. The summed E-state index contributed by atoms with van der Waals surface area (Å²) in [5.74, 6) is 0.880. The number of allylic oxidation sites excluding steroid dienone is 2. The van der Waals surface area contributed by atoms with E-state index in [0.29, 0.717) is 11.7 Å². The maximum absolute atomic E-state index is 12.2. The van der Waals surface area contributed by atoms with Crippen molar-refractivity contribution in [3.05, 3.63) is 11.6 Å². The highest BCUT2D eigenvalue weighted by Gasteiger charge is 2.24.